The third-order valence-corrected chi connectivity index (χ3v) is 3.35. The van der Waals surface area contributed by atoms with Crippen LogP contribution in [0.4, 0.5) is 0 Å². The maximum Gasteiger partial charge on any atom is 0.157 e. The van der Waals surface area contributed by atoms with E-state index in [1.807, 2.05) is 25.1 Å². The van der Waals surface area contributed by atoms with E-state index in [0.29, 0.717) is 12.4 Å². The molecule has 0 saturated carbocycles. The highest BCUT2D eigenvalue weighted by Crippen LogP contribution is 2.31. The van der Waals surface area contributed by atoms with Crippen LogP contribution in [0, 0.1) is 6.92 Å². The normalized spacial score (nSPS) is 13.8. The van der Waals surface area contributed by atoms with Crippen molar-refractivity contribution in [3.8, 4) is 5.75 Å². The van der Waals surface area contributed by atoms with Crippen molar-refractivity contribution in [3.63, 3.8) is 0 Å². The fourth-order valence-electron chi connectivity index (χ4n) is 2.16. The van der Waals surface area contributed by atoms with Crippen LogP contribution in [0.5, 0.6) is 5.75 Å². The Labute approximate surface area is 118 Å². The molecular weight excluding hydrogens is 254 g/mol. The topological polar surface area (TPSA) is 81.3 Å². The molecule has 1 aromatic heterocycles. The number of benzene rings is 1. The Hall–Kier alpha value is -1.98. The molecule has 5 heteroatoms. The zero-order valence-corrected chi connectivity index (χ0v) is 11.7. The minimum atomic E-state index is -0.839. The standard InChI is InChI=1S/C15H19N3O2/c1-10-4-5-11(8-13(10)20-2)12(9-16)14(19)15-17-6-3-7-18-15/h3-8,12,14,19H,9,16H2,1-2H3. The van der Waals surface area contributed by atoms with Gasteiger partial charge in [-0.3, -0.25) is 0 Å². The minimum Gasteiger partial charge on any atom is -0.496 e. The molecule has 0 aliphatic heterocycles. The second-order valence-corrected chi connectivity index (χ2v) is 4.62. The number of aromatic nitrogens is 2. The number of aryl methyl sites for hydroxylation is 1. The highest BCUT2D eigenvalue weighted by atomic mass is 16.5. The van der Waals surface area contributed by atoms with E-state index in [0.717, 1.165) is 16.9 Å². The maximum atomic E-state index is 10.4. The Morgan fingerprint density at radius 3 is 2.60 bits per heavy atom. The predicted molar refractivity (Wildman–Crippen MR) is 76.5 cm³/mol. The van der Waals surface area contributed by atoms with Crippen molar-refractivity contribution in [2.75, 3.05) is 13.7 Å². The summed E-state index contributed by atoms with van der Waals surface area (Å²) < 4.78 is 5.31. The number of rotatable bonds is 5. The monoisotopic (exact) mass is 273 g/mol. The van der Waals surface area contributed by atoms with Gasteiger partial charge in [-0.05, 0) is 30.2 Å². The highest BCUT2D eigenvalue weighted by molar-refractivity contribution is 5.38. The zero-order chi connectivity index (χ0) is 14.5. The SMILES string of the molecule is COc1cc(C(CN)C(O)c2ncccn2)ccc1C. The van der Waals surface area contributed by atoms with Crippen molar-refractivity contribution in [2.24, 2.45) is 5.73 Å². The lowest BCUT2D eigenvalue weighted by atomic mass is 9.92. The number of nitrogens with two attached hydrogens (primary N) is 1. The molecule has 5 nitrogen and oxygen atoms in total. The summed E-state index contributed by atoms with van der Waals surface area (Å²) in [6.07, 6.45) is 2.37. The van der Waals surface area contributed by atoms with E-state index < -0.39 is 6.10 Å². The average Bonchev–Trinajstić information content (AvgIpc) is 2.50. The molecule has 1 aromatic carbocycles. The quantitative estimate of drug-likeness (QED) is 0.864. The molecule has 0 spiro atoms. The molecule has 106 valence electrons. The minimum absolute atomic E-state index is 0.271. The summed E-state index contributed by atoms with van der Waals surface area (Å²) in [7, 11) is 1.63. The van der Waals surface area contributed by atoms with Gasteiger partial charge in [0.25, 0.3) is 0 Å². The van der Waals surface area contributed by atoms with Crippen LogP contribution in [-0.2, 0) is 0 Å². The van der Waals surface area contributed by atoms with E-state index in [4.69, 9.17) is 10.5 Å². The number of ether oxygens (including phenoxy) is 1. The van der Waals surface area contributed by atoms with Gasteiger partial charge in [-0.25, -0.2) is 9.97 Å². The van der Waals surface area contributed by atoms with Gasteiger partial charge in [0, 0.05) is 24.9 Å². The largest absolute Gasteiger partial charge is 0.496 e. The van der Waals surface area contributed by atoms with Crippen LogP contribution < -0.4 is 10.5 Å². The number of methoxy groups -OCH3 is 1. The first-order valence-electron chi connectivity index (χ1n) is 6.47. The Balaban J connectivity index is 2.32. The molecule has 0 bridgehead atoms. The van der Waals surface area contributed by atoms with Crippen LogP contribution in [0.3, 0.4) is 0 Å². The van der Waals surface area contributed by atoms with Crippen LogP contribution in [-0.4, -0.2) is 28.7 Å². The Bertz CT molecular complexity index is 560. The number of aliphatic hydroxyl groups is 1. The summed E-state index contributed by atoms with van der Waals surface area (Å²) in [5.41, 5.74) is 7.77. The van der Waals surface area contributed by atoms with Crippen molar-refractivity contribution >= 4 is 0 Å². The highest BCUT2D eigenvalue weighted by Gasteiger charge is 2.24. The molecule has 1 heterocycles. The smallest absolute Gasteiger partial charge is 0.157 e. The second kappa shape index (κ2) is 6.45. The van der Waals surface area contributed by atoms with Gasteiger partial charge in [-0.15, -0.1) is 0 Å². The maximum absolute atomic E-state index is 10.4. The van der Waals surface area contributed by atoms with E-state index in [2.05, 4.69) is 9.97 Å². The third-order valence-electron chi connectivity index (χ3n) is 3.35. The molecule has 2 rings (SSSR count). The molecule has 0 amide bonds. The van der Waals surface area contributed by atoms with Crippen molar-refractivity contribution in [3.05, 3.63) is 53.6 Å². The van der Waals surface area contributed by atoms with Crippen LogP contribution in [0.2, 0.25) is 0 Å². The fraction of sp³-hybridized carbons (Fsp3) is 0.333. The van der Waals surface area contributed by atoms with Gasteiger partial charge in [0.15, 0.2) is 5.82 Å². The summed E-state index contributed by atoms with van der Waals surface area (Å²) >= 11 is 0. The Morgan fingerprint density at radius 2 is 2.00 bits per heavy atom. The summed E-state index contributed by atoms with van der Waals surface area (Å²) in [4.78, 5) is 8.17. The molecule has 0 aliphatic carbocycles. The number of aliphatic hydroxyl groups excluding tert-OH is 1. The lowest BCUT2D eigenvalue weighted by molar-refractivity contribution is 0.138. The number of hydrogen-bond acceptors (Lipinski definition) is 5. The summed E-state index contributed by atoms with van der Waals surface area (Å²) in [5.74, 6) is 0.886. The van der Waals surface area contributed by atoms with Crippen LogP contribution in [0.15, 0.2) is 36.7 Å². The zero-order valence-electron chi connectivity index (χ0n) is 11.7. The van der Waals surface area contributed by atoms with Gasteiger partial charge in [-0.1, -0.05) is 12.1 Å². The number of hydrogen-bond donors (Lipinski definition) is 2. The van der Waals surface area contributed by atoms with Gasteiger partial charge in [-0.2, -0.15) is 0 Å². The van der Waals surface area contributed by atoms with E-state index in [1.54, 1.807) is 25.6 Å². The van der Waals surface area contributed by atoms with Crippen molar-refractivity contribution in [1.29, 1.82) is 0 Å². The Morgan fingerprint density at radius 1 is 1.30 bits per heavy atom. The van der Waals surface area contributed by atoms with Gasteiger partial charge in [0.2, 0.25) is 0 Å². The first-order valence-corrected chi connectivity index (χ1v) is 6.47. The van der Waals surface area contributed by atoms with E-state index >= 15 is 0 Å². The molecule has 0 aliphatic rings. The molecule has 0 radical (unpaired) electrons. The van der Waals surface area contributed by atoms with Crippen molar-refractivity contribution in [2.45, 2.75) is 18.9 Å². The summed E-state index contributed by atoms with van der Waals surface area (Å²) in [5, 5.41) is 10.4. The molecule has 0 fully saturated rings. The third kappa shape index (κ3) is 2.95. The van der Waals surface area contributed by atoms with Gasteiger partial charge >= 0.3 is 0 Å². The molecular formula is C15H19N3O2. The van der Waals surface area contributed by atoms with Crippen molar-refractivity contribution in [1.82, 2.24) is 9.97 Å². The predicted octanol–water partition coefficient (Wildman–Crippen LogP) is 1.57. The summed E-state index contributed by atoms with van der Waals surface area (Å²) in [6.45, 7) is 2.27. The Kier molecular flexibility index (Phi) is 4.65. The fourth-order valence-corrected chi connectivity index (χ4v) is 2.16. The van der Waals surface area contributed by atoms with Crippen molar-refractivity contribution < 1.29 is 9.84 Å². The first kappa shape index (κ1) is 14.4. The molecule has 20 heavy (non-hydrogen) atoms. The average molecular weight is 273 g/mol. The van der Waals surface area contributed by atoms with E-state index in [1.165, 1.54) is 0 Å². The molecule has 0 saturated heterocycles. The molecule has 2 unspecified atom stereocenters. The van der Waals surface area contributed by atoms with Gasteiger partial charge < -0.3 is 15.6 Å². The molecule has 3 N–H and O–H groups in total. The van der Waals surface area contributed by atoms with E-state index in [9.17, 15) is 5.11 Å². The van der Waals surface area contributed by atoms with Gasteiger partial charge in [0.05, 0.1) is 7.11 Å². The first-order chi connectivity index (χ1) is 9.67. The lowest BCUT2D eigenvalue weighted by Gasteiger charge is -2.21. The van der Waals surface area contributed by atoms with E-state index in [-0.39, 0.29) is 5.92 Å². The number of nitrogens with zero attached hydrogens (tertiary/aromatic N) is 2. The second-order valence-electron chi connectivity index (χ2n) is 4.62. The lowest BCUT2D eigenvalue weighted by Crippen LogP contribution is -2.21. The molecule has 2 aromatic rings. The van der Waals surface area contributed by atoms with Crippen LogP contribution in [0.1, 0.15) is 29.0 Å². The van der Waals surface area contributed by atoms with Crippen LogP contribution >= 0.6 is 0 Å². The summed E-state index contributed by atoms with van der Waals surface area (Å²) in [6, 6.07) is 7.51. The van der Waals surface area contributed by atoms with Crippen LogP contribution in [0.25, 0.3) is 0 Å². The van der Waals surface area contributed by atoms with Gasteiger partial charge in [0.1, 0.15) is 11.9 Å². The molecule has 2 atom stereocenters.